The molecule has 29 heavy (non-hydrogen) atoms. The van der Waals surface area contributed by atoms with Crippen LogP contribution in [-0.4, -0.2) is 35.4 Å². The van der Waals surface area contributed by atoms with Gasteiger partial charge in [-0.3, -0.25) is 9.78 Å². The monoisotopic (exact) mass is 390 g/mol. The van der Waals surface area contributed by atoms with Crippen LogP contribution in [0.5, 0.6) is 0 Å². The largest absolute Gasteiger partial charge is 0.452 e. The van der Waals surface area contributed by atoms with E-state index in [-0.39, 0.29) is 12.5 Å². The number of amides is 1. The summed E-state index contributed by atoms with van der Waals surface area (Å²) in [6.07, 6.45) is 0.608. The Balaban J connectivity index is 1.73. The van der Waals surface area contributed by atoms with E-state index in [0.29, 0.717) is 24.2 Å². The van der Waals surface area contributed by atoms with Gasteiger partial charge in [0, 0.05) is 19.0 Å². The summed E-state index contributed by atoms with van der Waals surface area (Å²) in [7, 11) is 1.71. The molecule has 3 rings (SSSR count). The van der Waals surface area contributed by atoms with Gasteiger partial charge in [0.15, 0.2) is 6.61 Å². The number of pyridine rings is 1. The fourth-order valence-corrected chi connectivity index (χ4v) is 3.41. The van der Waals surface area contributed by atoms with Crippen molar-refractivity contribution in [1.82, 2.24) is 9.88 Å². The lowest BCUT2D eigenvalue weighted by Gasteiger charge is -2.19. The van der Waals surface area contributed by atoms with Gasteiger partial charge < -0.3 is 9.64 Å². The molecular formula is C24H26N2O3. The van der Waals surface area contributed by atoms with Gasteiger partial charge in [-0.05, 0) is 43.0 Å². The average molecular weight is 390 g/mol. The van der Waals surface area contributed by atoms with Crippen LogP contribution in [0.15, 0.2) is 48.5 Å². The van der Waals surface area contributed by atoms with Crippen LogP contribution in [-0.2, 0) is 22.5 Å². The summed E-state index contributed by atoms with van der Waals surface area (Å²) in [6, 6.07) is 15.6. The first kappa shape index (κ1) is 20.5. The molecule has 0 atom stereocenters. The van der Waals surface area contributed by atoms with Crippen LogP contribution in [0.25, 0.3) is 10.9 Å². The average Bonchev–Trinajstić information content (AvgIpc) is 2.73. The number of hydrogen-bond acceptors (Lipinski definition) is 4. The van der Waals surface area contributed by atoms with Crippen LogP contribution in [0.1, 0.15) is 39.7 Å². The quantitative estimate of drug-likeness (QED) is 0.591. The topological polar surface area (TPSA) is 59.5 Å². The number of carbonyl (C=O) groups is 2. The normalized spacial score (nSPS) is 10.8. The third-order valence-electron chi connectivity index (χ3n) is 5.19. The second-order valence-corrected chi connectivity index (χ2v) is 7.18. The van der Waals surface area contributed by atoms with Gasteiger partial charge in [-0.1, -0.05) is 49.4 Å². The van der Waals surface area contributed by atoms with Crippen molar-refractivity contribution in [1.29, 1.82) is 0 Å². The molecule has 0 saturated heterocycles. The lowest BCUT2D eigenvalue weighted by atomic mass is 10.0. The van der Waals surface area contributed by atoms with Gasteiger partial charge in [0.05, 0.1) is 16.8 Å². The van der Waals surface area contributed by atoms with E-state index in [9.17, 15) is 9.59 Å². The molecule has 0 radical (unpaired) electrons. The number of aryl methyl sites for hydroxylation is 3. The van der Waals surface area contributed by atoms with Crippen molar-refractivity contribution >= 4 is 22.8 Å². The summed E-state index contributed by atoms with van der Waals surface area (Å²) in [6.45, 7) is 6.03. The second-order valence-electron chi connectivity index (χ2n) is 7.18. The highest BCUT2D eigenvalue weighted by atomic mass is 16.5. The van der Waals surface area contributed by atoms with Crippen LogP contribution in [0, 0.1) is 13.8 Å². The highest BCUT2D eigenvalue weighted by molar-refractivity contribution is 5.99. The molecular weight excluding hydrogens is 364 g/mol. The van der Waals surface area contributed by atoms with E-state index < -0.39 is 5.97 Å². The van der Waals surface area contributed by atoms with Gasteiger partial charge in [0.25, 0.3) is 5.91 Å². The Hall–Kier alpha value is -3.21. The SMILES string of the molecule is CCc1nc2ccccc2c(C)c1C(=O)OCC(=O)N(C)Cc1ccccc1C. The van der Waals surface area contributed by atoms with Crippen LogP contribution in [0.4, 0.5) is 0 Å². The minimum absolute atomic E-state index is 0.244. The highest BCUT2D eigenvalue weighted by Crippen LogP contribution is 2.24. The number of esters is 1. The van der Waals surface area contributed by atoms with E-state index in [1.165, 1.54) is 0 Å². The van der Waals surface area contributed by atoms with Crippen molar-refractivity contribution in [3.8, 4) is 0 Å². The molecule has 1 amide bonds. The van der Waals surface area contributed by atoms with Gasteiger partial charge in [-0.25, -0.2) is 4.79 Å². The second kappa shape index (κ2) is 8.86. The zero-order chi connectivity index (χ0) is 21.0. The zero-order valence-corrected chi connectivity index (χ0v) is 17.4. The minimum atomic E-state index is -0.504. The molecule has 0 fully saturated rings. The third-order valence-corrected chi connectivity index (χ3v) is 5.19. The van der Waals surface area contributed by atoms with Crippen LogP contribution in [0.2, 0.25) is 0 Å². The molecule has 0 N–H and O–H groups in total. The number of aromatic nitrogens is 1. The molecule has 0 bridgehead atoms. The fraction of sp³-hybridized carbons (Fsp3) is 0.292. The molecule has 0 spiro atoms. The molecule has 1 aromatic heterocycles. The number of rotatable bonds is 6. The molecule has 0 saturated carbocycles. The Morgan fingerprint density at radius 1 is 1.03 bits per heavy atom. The number of hydrogen-bond donors (Lipinski definition) is 0. The molecule has 0 aliphatic heterocycles. The number of ether oxygens (including phenoxy) is 1. The van der Waals surface area contributed by atoms with Crippen LogP contribution in [0.3, 0.4) is 0 Å². The maximum absolute atomic E-state index is 12.8. The van der Waals surface area contributed by atoms with Gasteiger partial charge in [0.2, 0.25) is 0 Å². The number of fused-ring (bicyclic) bond motifs is 1. The van der Waals surface area contributed by atoms with E-state index in [4.69, 9.17) is 4.74 Å². The first-order valence-electron chi connectivity index (χ1n) is 9.76. The van der Waals surface area contributed by atoms with Gasteiger partial charge in [0.1, 0.15) is 0 Å². The maximum atomic E-state index is 12.8. The van der Waals surface area contributed by atoms with Crippen molar-refractivity contribution in [2.45, 2.75) is 33.7 Å². The van der Waals surface area contributed by atoms with Gasteiger partial charge in [-0.15, -0.1) is 0 Å². The Bertz CT molecular complexity index is 1060. The number of likely N-dealkylation sites (N-methyl/N-ethyl adjacent to an activating group) is 1. The summed E-state index contributed by atoms with van der Waals surface area (Å²) in [5, 5.41) is 0.916. The Labute approximate surface area is 171 Å². The van der Waals surface area contributed by atoms with Crippen molar-refractivity contribution in [3.05, 3.63) is 76.5 Å². The predicted molar refractivity (Wildman–Crippen MR) is 114 cm³/mol. The summed E-state index contributed by atoms with van der Waals surface area (Å²) in [4.78, 5) is 31.5. The van der Waals surface area contributed by atoms with Crippen molar-refractivity contribution in [2.75, 3.05) is 13.7 Å². The molecule has 5 heteroatoms. The Morgan fingerprint density at radius 2 is 1.72 bits per heavy atom. The Morgan fingerprint density at radius 3 is 2.45 bits per heavy atom. The highest BCUT2D eigenvalue weighted by Gasteiger charge is 2.21. The summed E-state index contributed by atoms with van der Waals surface area (Å²) < 4.78 is 5.38. The summed E-state index contributed by atoms with van der Waals surface area (Å²) in [5.74, 6) is -0.749. The Kier molecular flexibility index (Phi) is 6.27. The van der Waals surface area contributed by atoms with Gasteiger partial charge in [-0.2, -0.15) is 0 Å². The number of benzene rings is 2. The zero-order valence-electron chi connectivity index (χ0n) is 17.4. The van der Waals surface area contributed by atoms with Crippen molar-refractivity contribution in [3.63, 3.8) is 0 Å². The molecule has 0 aliphatic carbocycles. The number of nitrogens with zero attached hydrogens (tertiary/aromatic N) is 2. The van der Waals surface area contributed by atoms with E-state index in [1.54, 1.807) is 11.9 Å². The smallest absolute Gasteiger partial charge is 0.340 e. The minimum Gasteiger partial charge on any atom is -0.452 e. The van der Waals surface area contributed by atoms with E-state index in [1.807, 2.05) is 69.3 Å². The maximum Gasteiger partial charge on any atom is 0.340 e. The lowest BCUT2D eigenvalue weighted by molar-refractivity contribution is -0.133. The van der Waals surface area contributed by atoms with Crippen LogP contribution >= 0.6 is 0 Å². The molecule has 0 unspecified atom stereocenters. The molecule has 2 aromatic carbocycles. The molecule has 5 nitrogen and oxygen atoms in total. The lowest BCUT2D eigenvalue weighted by Crippen LogP contribution is -2.31. The molecule has 3 aromatic rings. The predicted octanol–water partition coefficient (Wildman–Crippen LogP) is 4.23. The summed E-state index contributed by atoms with van der Waals surface area (Å²) in [5.41, 5.74) is 5.02. The standard InChI is InChI=1S/C24H26N2O3/c1-5-20-23(17(3)19-12-8-9-13-21(19)25-20)24(28)29-15-22(27)26(4)14-18-11-7-6-10-16(18)2/h6-13H,5,14-15H2,1-4H3. The van der Waals surface area contributed by atoms with Crippen LogP contribution < -0.4 is 0 Å². The first-order chi connectivity index (χ1) is 13.9. The fourth-order valence-electron chi connectivity index (χ4n) is 3.41. The molecule has 150 valence electrons. The van der Waals surface area contributed by atoms with E-state index in [0.717, 1.165) is 27.6 Å². The number of para-hydroxylation sites is 1. The molecule has 0 aliphatic rings. The van der Waals surface area contributed by atoms with Gasteiger partial charge >= 0.3 is 5.97 Å². The van der Waals surface area contributed by atoms with E-state index >= 15 is 0 Å². The molecule has 1 heterocycles. The van der Waals surface area contributed by atoms with Crippen molar-refractivity contribution < 1.29 is 14.3 Å². The van der Waals surface area contributed by atoms with E-state index in [2.05, 4.69) is 4.98 Å². The van der Waals surface area contributed by atoms with Crippen molar-refractivity contribution in [2.24, 2.45) is 0 Å². The third kappa shape index (κ3) is 4.45. The number of carbonyl (C=O) groups excluding carboxylic acids is 2. The summed E-state index contributed by atoms with van der Waals surface area (Å²) >= 11 is 0. The first-order valence-corrected chi connectivity index (χ1v) is 9.76.